The van der Waals surface area contributed by atoms with E-state index in [0.29, 0.717) is 13.1 Å². The summed E-state index contributed by atoms with van der Waals surface area (Å²) < 4.78 is 27.1. The number of amides is 2. The lowest BCUT2D eigenvalue weighted by atomic mass is 10.2. The molecule has 1 aromatic rings. The monoisotopic (exact) mass is 399 g/mol. The lowest BCUT2D eigenvalue weighted by molar-refractivity contribution is -0.120. The summed E-state index contributed by atoms with van der Waals surface area (Å²) in [4.78, 5) is 23.9. The Morgan fingerprint density at radius 3 is 2.50 bits per heavy atom. The summed E-state index contributed by atoms with van der Waals surface area (Å²) in [5.41, 5.74) is 0.157. The van der Waals surface area contributed by atoms with Gasteiger partial charge in [-0.25, -0.2) is 8.42 Å². The minimum Gasteiger partial charge on any atom is -0.352 e. The first-order valence-corrected chi connectivity index (χ1v) is 10.6. The number of rotatable bonds is 6. The van der Waals surface area contributed by atoms with Gasteiger partial charge in [0.2, 0.25) is 15.9 Å². The van der Waals surface area contributed by atoms with Crippen LogP contribution in [0.3, 0.4) is 0 Å². The zero-order valence-electron chi connectivity index (χ0n) is 14.3. The van der Waals surface area contributed by atoms with E-state index < -0.39 is 15.9 Å². The Kier molecular flexibility index (Phi) is 5.84. The summed E-state index contributed by atoms with van der Waals surface area (Å²) in [6, 6.07) is 4.35. The number of nitrogens with one attached hydrogen (secondary N) is 2. The molecular formula is C17H22ClN3O4S. The van der Waals surface area contributed by atoms with Crippen molar-refractivity contribution in [3.8, 4) is 0 Å². The van der Waals surface area contributed by atoms with Crippen LogP contribution in [0.5, 0.6) is 0 Å². The zero-order valence-corrected chi connectivity index (χ0v) is 15.9. The van der Waals surface area contributed by atoms with Crippen LogP contribution < -0.4 is 10.6 Å². The number of piperidine rings is 1. The van der Waals surface area contributed by atoms with Crippen molar-refractivity contribution in [2.75, 3.05) is 19.6 Å². The van der Waals surface area contributed by atoms with Crippen LogP contribution in [-0.2, 0) is 14.8 Å². The molecule has 2 amide bonds. The van der Waals surface area contributed by atoms with Gasteiger partial charge >= 0.3 is 0 Å². The van der Waals surface area contributed by atoms with Gasteiger partial charge in [-0.15, -0.1) is 0 Å². The lowest BCUT2D eigenvalue weighted by Gasteiger charge is -2.26. The largest absolute Gasteiger partial charge is 0.352 e. The molecule has 1 saturated heterocycles. The molecule has 1 aromatic carbocycles. The Morgan fingerprint density at radius 1 is 1.15 bits per heavy atom. The molecule has 1 aliphatic heterocycles. The third kappa shape index (κ3) is 4.55. The van der Waals surface area contributed by atoms with Crippen molar-refractivity contribution in [1.82, 2.24) is 14.9 Å². The topological polar surface area (TPSA) is 95.6 Å². The van der Waals surface area contributed by atoms with E-state index in [2.05, 4.69) is 10.6 Å². The number of hydrogen-bond acceptors (Lipinski definition) is 4. The van der Waals surface area contributed by atoms with Crippen LogP contribution in [-0.4, -0.2) is 50.2 Å². The predicted octanol–water partition coefficient (Wildman–Crippen LogP) is 1.52. The van der Waals surface area contributed by atoms with Crippen molar-refractivity contribution < 1.29 is 18.0 Å². The van der Waals surface area contributed by atoms with E-state index in [4.69, 9.17) is 11.6 Å². The highest BCUT2D eigenvalue weighted by Crippen LogP contribution is 2.27. The standard InChI is InChI=1S/C17H22ClN3O4S/c18-14-7-4-12(17(23)19-11-16(22)20-13-5-6-13)10-15(14)26(24,25)21-8-2-1-3-9-21/h4,7,10,13H,1-3,5-6,8-9,11H2,(H,19,23)(H,20,22). The summed E-state index contributed by atoms with van der Waals surface area (Å²) in [6.45, 7) is 0.763. The van der Waals surface area contributed by atoms with E-state index in [1.165, 1.54) is 22.5 Å². The molecule has 0 radical (unpaired) electrons. The average molecular weight is 400 g/mol. The molecule has 0 bridgehead atoms. The van der Waals surface area contributed by atoms with Gasteiger partial charge in [0, 0.05) is 24.7 Å². The lowest BCUT2D eigenvalue weighted by Crippen LogP contribution is -2.38. The highest BCUT2D eigenvalue weighted by Gasteiger charge is 2.29. The van der Waals surface area contributed by atoms with Crippen LogP contribution in [0.1, 0.15) is 42.5 Å². The number of carbonyl (C=O) groups excluding carboxylic acids is 2. The summed E-state index contributed by atoms with van der Waals surface area (Å²) in [5, 5.41) is 5.36. The van der Waals surface area contributed by atoms with Crippen molar-refractivity contribution >= 4 is 33.4 Å². The first-order valence-electron chi connectivity index (χ1n) is 8.75. The highest BCUT2D eigenvalue weighted by atomic mass is 35.5. The Bertz CT molecular complexity index is 802. The molecule has 2 aliphatic rings. The van der Waals surface area contributed by atoms with Crippen LogP contribution in [0.4, 0.5) is 0 Å². The number of nitrogens with zero attached hydrogens (tertiary/aromatic N) is 1. The number of benzene rings is 1. The fraction of sp³-hybridized carbons (Fsp3) is 0.529. The molecule has 26 heavy (non-hydrogen) atoms. The van der Waals surface area contributed by atoms with E-state index in [1.807, 2.05) is 0 Å². The average Bonchev–Trinajstić information content (AvgIpc) is 3.44. The first-order chi connectivity index (χ1) is 12.4. The predicted molar refractivity (Wildman–Crippen MR) is 97.6 cm³/mol. The number of hydrogen-bond donors (Lipinski definition) is 2. The second-order valence-corrected chi connectivity index (χ2v) is 8.95. The molecular weight excluding hydrogens is 378 g/mol. The summed E-state index contributed by atoms with van der Waals surface area (Å²) in [6.07, 6.45) is 4.56. The Hall–Kier alpha value is -1.64. The molecule has 0 spiro atoms. The van der Waals surface area contributed by atoms with Gasteiger partial charge in [0.05, 0.1) is 11.6 Å². The molecule has 2 N–H and O–H groups in total. The van der Waals surface area contributed by atoms with Crippen molar-refractivity contribution in [2.24, 2.45) is 0 Å². The number of sulfonamides is 1. The molecule has 0 atom stereocenters. The third-order valence-electron chi connectivity index (χ3n) is 4.48. The molecule has 0 aromatic heterocycles. The van der Waals surface area contributed by atoms with E-state index in [9.17, 15) is 18.0 Å². The van der Waals surface area contributed by atoms with Gasteiger partial charge in [-0.05, 0) is 43.9 Å². The van der Waals surface area contributed by atoms with Crippen molar-refractivity contribution in [3.05, 3.63) is 28.8 Å². The molecule has 0 unspecified atom stereocenters. The van der Waals surface area contributed by atoms with Gasteiger partial charge in [0.1, 0.15) is 4.90 Å². The van der Waals surface area contributed by atoms with Crippen molar-refractivity contribution in [3.63, 3.8) is 0 Å². The molecule has 9 heteroatoms. The summed E-state index contributed by atoms with van der Waals surface area (Å²) in [5.74, 6) is -0.765. The minimum atomic E-state index is -3.75. The van der Waals surface area contributed by atoms with E-state index in [0.717, 1.165) is 32.1 Å². The Morgan fingerprint density at radius 2 is 1.85 bits per heavy atom. The second-order valence-electron chi connectivity index (χ2n) is 6.63. The molecule has 3 rings (SSSR count). The molecule has 1 aliphatic carbocycles. The summed E-state index contributed by atoms with van der Waals surface area (Å²) in [7, 11) is -3.75. The van der Waals surface area contributed by atoms with E-state index >= 15 is 0 Å². The smallest absolute Gasteiger partial charge is 0.251 e. The maximum absolute atomic E-state index is 12.8. The van der Waals surface area contributed by atoms with Gasteiger partial charge < -0.3 is 10.6 Å². The molecule has 1 saturated carbocycles. The molecule has 2 fully saturated rings. The van der Waals surface area contributed by atoms with Gasteiger partial charge in [-0.2, -0.15) is 4.31 Å². The SMILES string of the molecule is O=C(CNC(=O)c1ccc(Cl)c(S(=O)(=O)N2CCCCC2)c1)NC1CC1. The normalized spacial score (nSPS) is 18.3. The van der Waals surface area contributed by atoms with Crippen LogP contribution in [0.25, 0.3) is 0 Å². The van der Waals surface area contributed by atoms with E-state index in [1.54, 1.807) is 0 Å². The highest BCUT2D eigenvalue weighted by molar-refractivity contribution is 7.89. The van der Waals surface area contributed by atoms with E-state index in [-0.39, 0.29) is 34.0 Å². The van der Waals surface area contributed by atoms with Crippen molar-refractivity contribution in [2.45, 2.75) is 43.0 Å². The van der Waals surface area contributed by atoms with Crippen LogP contribution in [0.15, 0.2) is 23.1 Å². The molecule has 7 nitrogen and oxygen atoms in total. The van der Waals surface area contributed by atoms with Gasteiger partial charge in [0.25, 0.3) is 5.91 Å². The zero-order chi connectivity index (χ0) is 18.7. The van der Waals surface area contributed by atoms with Gasteiger partial charge in [0.15, 0.2) is 0 Å². The van der Waals surface area contributed by atoms with Crippen molar-refractivity contribution in [1.29, 1.82) is 0 Å². The Balaban J connectivity index is 1.71. The maximum atomic E-state index is 12.8. The molecule has 142 valence electrons. The fourth-order valence-electron chi connectivity index (χ4n) is 2.86. The quantitative estimate of drug-likeness (QED) is 0.758. The number of carbonyl (C=O) groups is 2. The van der Waals surface area contributed by atoms with Crippen LogP contribution in [0.2, 0.25) is 5.02 Å². The fourth-order valence-corrected chi connectivity index (χ4v) is 4.87. The second kappa shape index (κ2) is 7.94. The van der Waals surface area contributed by atoms with Gasteiger partial charge in [-0.3, -0.25) is 9.59 Å². The summed E-state index contributed by atoms with van der Waals surface area (Å²) >= 11 is 6.09. The Labute approximate surface area is 158 Å². The number of halogens is 1. The minimum absolute atomic E-state index is 0.0730. The third-order valence-corrected chi connectivity index (χ3v) is 6.86. The maximum Gasteiger partial charge on any atom is 0.251 e. The van der Waals surface area contributed by atoms with Gasteiger partial charge in [-0.1, -0.05) is 18.0 Å². The first kappa shape index (κ1) is 19.1. The van der Waals surface area contributed by atoms with Crippen LogP contribution >= 0.6 is 11.6 Å². The molecule has 1 heterocycles. The van der Waals surface area contributed by atoms with Crippen LogP contribution in [0, 0.1) is 0 Å².